The molecule has 0 saturated heterocycles. The van der Waals surface area contributed by atoms with Gasteiger partial charge in [0.15, 0.2) is 0 Å². The van der Waals surface area contributed by atoms with Crippen LogP contribution < -0.4 is 0 Å². The van der Waals surface area contributed by atoms with Gasteiger partial charge in [0.25, 0.3) is 0 Å². The summed E-state index contributed by atoms with van der Waals surface area (Å²) in [5.74, 6) is 0. The molecule has 0 spiro atoms. The highest BCUT2D eigenvalue weighted by Crippen LogP contribution is 2.54. The van der Waals surface area contributed by atoms with Gasteiger partial charge in [0.2, 0.25) is 0 Å². The lowest BCUT2D eigenvalue weighted by Crippen LogP contribution is -2.17. The second kappa shape index (κ2) is 20.1. The fraction of sp³-hybridized carbons (Fsp3) is 0. The molecule has 94 heavy (non-hydrogen) atoms. The molecule has 0 N–H and O–H groups in total. The molecule has 6 heteroatoms. The summed E-state index contributed by atoms with van der Waals surface area (Å²) >= 11 is 0. The number of rotatable bonds is 7. The number of nitrogens with zero attached hydrogens (tertiary/aromatic N) is 6. The van der Waals surface area contributed by atoms with Crippen LogP contribution in [0.15, 0.2) is 315 Å². The van der Waals surface area contributed by atoms with Crippen molar-refractivity contribution in [3.05, 3.63) is 321 Å². The fourth-order valence-electron chi connectivity index (χ4n) is 15.8. The molecule has 0 amide bonds. The Morgan fingerprint density at radius 2 is 0.553 bits per heavy atom. The van der Waals surface area contributed by atoms with E-state index in [1.807, 2.05) is 0 Å². The predicted molar refractivity (Wildman–Crippen MR) is 393 cm³/mol. The van der Waals surface area contributed by atoms with Crippen LogP contribution in [0.4, 0.5) is 0 Å². The maximum absolute atomic E-state index is 13.5. The summed E-state index contributed by atoms with van der Waals surface area (Å²) in [5, 5.41) is 31.3. The molecule has 20 rings (SSSR count). The standard InChI is InChI=1S/C88H52N6/c89-53-73-85(91-75-39-19-15-35-64(75)69-45-56-27-7-11-31-60(56)49-79(69)91)83(68-43-44-74(54-23-3-1-4-24-54)90-84(68)55-25-5-2-6-26-55)87(93-77-41-21-17-37-66(77)71-47-58-29-9-13-33-62(58)51-81(71)93)88(94-78-42-22-18-38-67(78)72-48-59-30-10-14-34-63(59)52-82(72)94)86(73)92-76-40-20-16-36-65(76)70-46-57-28-8-12-32-61(57)50-80(70)92/h1-52H. The number of benzene rings is 15. The summed E-state index contributed by atoms with van der Waals surface area (Å²) in [7, 11) is 0. The highest BCUT2D eigenvalue weighted by molar-refractivity contribution is 6.21. The number of fused-ring (bicyclic) bond motifs is 16. The second-order valence-electron chi connectivity index (χ2n) is 24.9. The van der Waals surface area contributed by atoms with E-state index in [2.05, 4.69) is 340 Å². The summed E-state index contributed by atoms with van der Waals surface area (Å²) in [6, 6.07) is 118. The van der Waals surface area contributed by atoms with Crippen LogP contribution in [0.5, 0.6) is 0 Å². The van der Waals surface area contributed by atoms with Crippen molar-refractivity contribution >= 4 is 130 Å². The van der Waals surface area contributed by atoms with Gasteiger partial charge in [0, 0.05) is 65.3 Å². The van der Waals surface area contributed by atoms with Gasteiger partial charge in [-0.15, -0.1) is 0 Å². The van der Waals surface area contributed by atoms with Crippen LogP contribution >= 0.6 is 0 Å². The molecule has 0 unspecified atom stereocenters. The predicted octanol–water partition coefficient (Wildman–Crippen LogP) is 23.0. The maximum atomic E-state index is 13.5. The first kappa shape index (κ1) is 52.0. The lowest BCUT2D eigenvalue weighted by Gasteiger charge is -2.30. The highest BCUT2D eigenvalue weighted by atomic mass is 15.1. The number of aromatic nitrogens is 5. The molecular formula is C88H52N6. The van der Waals surface area contributed by atoms with Crippen molar-refractivity contribution in [3.63, 3.8) is 0 Å². The Labute approximate surface area is 539 Å². The van der Waals surface area contributed by atoms with Crippen LogP contribution in [-0.4, -0.2) is 23.3 Å². The van der Waals surface area contributed by atoms with Crippen LogP contribution in [0.25, 0.3) is 187 Å². The van der Waals surface area contributed by atoms with E-state index in [1.54, 1.807) is 0 Å². The normalized spacial score (nSPS) is 12.0. The molecule has 0 radical (unpaired) electrons. The zero-order valence-electron chi connectivity index (χ0n) is 50.7. The number of hydrogen-bond donors (Lipinski definition) is 0. The van der Waals surface area contributed by atoms with Crippen LogP contribution in [0.1, 0.15) is 5.56 Å². The molecule has 5 heterocycles. The van der Waals surface area contributed by atoms with Gasteiger partial charge >= 0.3 is 0 Å². The van der Waals surface area contributed by atoms with Crippen LogP contribution in [0, 0.1) is 11.3 Å². The Morgan fingerprint density at radius 1 is 0.245 bits per heavy atom. The van der Waals surface area contributed by atoms with Gasteiger partial charge in [-0.2, -0.15) is 5.26 Å². The van der Waals surface area contributed by atoms with E-state index in [-0.39, 0.29) is 0 Å². The van der Waals surface area contributed by atoms with E-state index >= 15 is 0 Å². The first-order chi connectivity index (χ1) is 46.6. The molecule has 0 saturated carbocycles. The minimum atomic E-state index is 0.490. The zero-order chi connectivity index (χ0) is 61.7. The molecule has 0 bridgehead atoms. The maximum Gasteiger partial charge on any atom is 0.104 e. The Kier molecular flexibility index (Phi) is 11.1. The third-order valence-corrected chi connectivity index (χ3v) is 19.8. The molecule has 5 aromatic heterocycles. The number of pyridine rings is 1. The van der Waals surface area contributed by atoms with E-state index < -0.39 is 0 Å². The van der Waals surface area contributed by atoms with Crippen LogP contribution in [-0.2, 0) is 0 Å². The first-order valence-corrected chi connectivity index (χ1v) is 32.1. The topological polar surface area (TPSA) is 56.4 Å². The minimum Gasteiger partial charge on any atom is -0.307 e. The Bertz CT molecular complexity index is 6670. The smallest absolute Gasteiger partial charge is 0.104 e. The largest absolute Gasteiger partial charge is 0.307 e. The van der Waals surface area contributed by atoms with Crippen LogP contribution in [0.3, 0.4) is 0 Å². The Balaban J connectivity index is 1.14. The van der Waals surface area contributed by atoms with E-state index in [1.165, 1.54) is 0 Å². The molecule has 15 aromatic carbocycles. The van der Waals surface area contributed by atoms with Gasteiger partial charge in [-0.3, -0.25) is 0 Å². The molecule has 434 valence electrons. The van der Waals surface area contributed by atoms with Crippen molar-refractivity contribution < 1.29 is 0 Å². The summed E-state index contributed by atoms with van der Waals surface area (Å²) < 4.78 is 9.97. The van der Waals surface area contributed by atoms with Crippen molar-refractivity contribution in [3.8, 4) is 62.5 Å². The lowest BCUT2D eigenvalue weighted by molar-refractivity contribution is 1.03. The van der Waals surface area contributed by atoms with Gasteiger partial charge in [-0.1, -0.05) is 231 Å². The SMILES string of the molecule is N#Cc1c(-n2c3ccccc3c3cc4ccccc4cc32)c(-c2ccc(-c3ccccc3)nc2-c2ccccc2)c(-n2c3ccccc3c3cc4ccccc4cc32)c(-n2c3ccccc3c3cc4ccccc4cc32)c1-n1c2ccccc2c2cc3ccccc3cc21. The number of para-hydroxylation sites is 4. The first-order valence-electron chi connectivity index (χ1n) is 32.1. The second-order valence-corrected chi connectivity index (χ2v) is 24.9. The highest BCUT2D eigenvalue weighted by Gasteiger charge is 2.36. The van der Waals surface area contributed by atoms with E-state index in [0.29, 0.717) is 5.56 Å². The van der Waals surface area contributed by atoms with Crippen molar-refractivity contribution in [1.29, 1.82) is 5.26 Å². The molecule has 6 nitrogen and oxygen atoms in total. The van der Waals surface area contributed by atoms with Crippen molar-refractivity contribution in [2.75, 3.05) is 0 Å². The Morgan fingerprint density at radius 3 is 0.936 bits per heavy atom. The fourth-order valence-corrected chi connectivity index (χ4v) is 15.8. The monoisotopic (exact) mass is 1190 g/mol. The Hall–Kier alpha value is -12.8. The molecule has 0 aliphatic heterocycles. The van der Waals surface area contributed by atoms with Gasteiger partial charge in [0.1, 0.15) is 11.6 Å². The van der Waals surface area contributed by atoms with Gasteiger partial charge < -0.3 is 18.3 Å². The van der Waals surface area contributed by atoms with Gasteiger partial charge in [-0.25, -0.2) is 4.98 Å². The molecule has 0 aliphatic carbocycles. The van der Waals surface area contributed by atoms with Gasteiger partial charge in [-0.05, 0) is 128 Å². The van der Waals surface area contributed by atoms with E-state index in [4.69, 9.17) is 4.98 Å². The minimum absolute atomic E-state index is 0.490. The zero-order valence-corrected chi connectivity index (χ0v) is 50.7. The van der Waals surface area contributed by atoms with Crippen molar-refractivity contribution in [2.24, 2.45) is 0 Å². The number of nitriles is 1. The third-order valence-electron chi connectivity index (χ3n) is 19.8. The van der Waals surface area contributed by atoms with Crippen molar-refractivity contribution in [2.45, 2.75) is 0 Å². The lowest BCUT2D eigenvalue weighted by atomic mass is 9.90. The molecule has 0 atom stereocenters. The summed E-state index contributed by atoms with van der Waals surface area (Å²) in [4.78, 5) is 5.92. The summed E-state index contributed by atoms with van der Waals surface area (Å²) in [6.07, 6.45) is 0. The van der Waals surface area contributed by atoms with E-state index in [9.17, 15) is 5.26 Å². The summed E-state index contributed by atoms with van der Waals surface area (Å²) in [6.45, 7) is 0. The molecule has 0 fully saturated rings. The number of hydrogen-bond acceptors (Lipinski definition) is 2. The van der Waals surface area contributed by atoms with Gasteiger partial charge in [0.05, 0.1) is 78.3 Å². The summed E-state index contributed by atoms with van der Waals surface area (Å²) in [5.41, 5.74) is 16.9. The molecular weight excluding hydrogens is 1140 g/mol. The molecule has 20 aromatic rings. The molecule has 0 aliphatic rings. The average molecular weight is 1190 g/mol. The van der Waals surface area contributed by atoms with Crippen molar-refractivity contribution in [1.82, 2.24) is 23.3 Å². The quantitative estimate of drug-likeness (QED) is 0.160. The van der Waals surface area contributed by atoms with E-state index in [0.717, 1.165) is 187 Å². The average Bonchev–Trinajstić information content (AvgIpc) is 1.45. The van der Waals surface area contributed by atoms with Crippen LogP contribution in [0.2, 0.25) is 0 Å². The third kappa shape index (κ3) is 7.49.